The van der Waals surface area contributed by atoms with Gasteiger partial charge in [0.25, 0.3) is 0 Å². The predicted molar refractivity (Wildman–Crippen MR) is 82.1 cm³/mol. The largest absolute Gasteiger partial charge is 0.497 e. The molecule has 0 amide bonds. The Morgan fingerprint density at radius 1 is 0.900 bits per heavy atom. The fourth-order valence-corrected chi connectivity index (χ4v) is 1.95. The minimum Gasteiger partial charge on any atom is -0.497 e. The lowest BCUT2D eigenvalue weighted by atomic mass is 10.1. The van der Waals surface area contributed by atoms with Crippen molar-refractivity contribution < 1.29 is 9.47 Å². The Bertz CT molecular complexity index is 693. The highest BCUT2D eigenvalue weighted by Gasteiger charge is 2.03. The van der Waals surface area contributed by atoms with Crippen LogP contribution >= 0.6 is 12.4 Å². The molecule has 0 saturated heterocycles. The molecule has 0 atom stereocenters. The van der Waals surface area contributed by atoms with Crippen molar-refractivity contribution in [1.29, 1.82) is 0 Å². The number of nitrogens with zero attached hydrogens (tertiary/aromatic N) is 1. The van der Waals surface area contributed by atoms with Crippen LogP contribution < -0.4 is 9.47 Å². The summed E-state index contributed by atoms with van der Waals surface area (Å²) >= 11 is 0. The quantitative estimate of drug-likeness (QED) is 0.713. The van der Waals surface area contributed by atoms with Crippen LogP contribution in [-0.2, 0) is 0 Å². The second-order valence-electron chi connectivity index (χ2n) is 4.13. The van der Waals surface area contributed by atoms with Crippen molar-refractivity contribution in [2.75, 3.05) is 7.11 Å². The van der Waals surface area contributed by atoms with E-state index in [-0.39, 0.29) is 12.4 Å². The third kappa shape index (κ3) is 2.83. The minimum atomic E-state index is 0. The smallest absolute Gasteiger partial charge is 0.135 e. The summed E-state index contributed by atoms with van der Waals surface area (Å²) in [5, 5.41) is 2.11. The van der Waals surface area contributed by atoms with E-state index in [9.17, 15) is 0 Å². The number of halogens is 1. The molecule has 0 aliphatic rings. The van der Waals surface area contributed by atoms with Gasteiger partial charge < -0.3 is 9.47 Å². The molecule has 0 fully saturated rings. The van der Waals surface area contributed by atoms with E-state index in [0.717, 1.165) is 28.0 Å². The summed E-state index contributed by atoms with van der Waals surface area (Å²) in [5.41, 5.74) is 0. The molecule has 0 aliphatic carbocycles. The van der Waals surface area contributed by atoms with E-state index in [2.05, 4.69) is 4.98 Å². The molecular formula is C16H14ClNO2. The molecule has 0 N–H and O–H groups in total. The van der Waals surface area contributed by atoms with Crippen molar-refractivity contribution in [3.63, 3.8) is 0 Å². The first-order valence-corrected chi connectivity index (χ1v) is 6.01. The summed E-state index contributed by atoms with van der Waals surface area (Å²) in [5.74, 6) is 2.42. The highest BCUT2D eigenvalue weighted by atomic mass is 35.5. The van der Waals surface area contributed by atoms with Crippen LogP contribution in [0.25, 0.3) is 10.8 Å². The van der Waals surface area contributed by atoms with Crippen LogP contribution in [0.3, 0.4) is 0 Å². The van der Waals surface area contributed by atoms with Gasteiger partial charge in [0, 0.05) is 23.2 Å². The average Bonchev–Trinajstić information content (AvgIpc) is 2.48. The first kappa shape index (κ1) is 14.2. The van der Waals surface area contributed by atoms with Gasteiger partial charge in [0.15, 0.2) is 0 Å². The Hall–Kier alpha value is -2.26. The maximum absolute atomic E-state index is 5.91. The minimum absolute atomic E-state index is 0. The molecule has 3 aromatic rings. The maximum atomic E-state index is 5.91. The zero-order valence-electron chi connectivity index (χ0n) is 10.9. The standard InChI is InChI=1S/C16H13NO2.ClH/c1-18-13-5-7-14(8-6-13)19-16-4-2-3-12-11-17-10-9-15(12)16;/h2-11H,1H3;1H. The van der Waals surface area contributed by atoms with Crippen molar-refractivity contribution in [1.82, 2.24) is 4.98 Å². The fourth-order valence-electron chi connectivity index (χ4n) is 1.95. The highest BCUT2D eigenvalue weighted by Crippen LogP contribution is 2.29. The number of pyridine rings is 1. The van der Waals surface area contributed by atoms with Crippen molar-refractivity contribution in [2.45, 2.75) is 0 Å². The monoisotopic (exact) mass is 287 g/mol. The second kappa shape index (κ2) is 6.26. The Kier molecular flexibility index (Phi) is 4.43. The normalized spacial score (nSPS) is 9.85. The zero-order valence-corrected chi connectivity index (χ0v) is 11.8. The lowest BCUT2D eigenvalue weighted by molar-refractivity contribution is 0.413. The van der Waals surface area contributed by atoms with Crippen molar-refractivity contribution in [3.8, 4) is 17.2 Å². The fraction of sp³-hybridized carbons (Fsp3) is 0.0625. The van der Waals surface area contributed by atoms with E-state index in [1.165, 1.54) is 0 Å². The first-order chi connectivity index (χ1) is 9.36. The van der Waals surface area contributed by atoms with E-state index >= 15 is 0 Å². The van der Waals surface area contributed by atoms with Gasteiger partial charge in [-0.3, -0.25) is 4.98 Å². The molecule has 1 heterocycles. The molecular weight excluding hydrogens is 274 g/mol. The number of hydrogen-bond acceptors (Lipinski definition) is 3. The van der Waals surface area contributed by atoms with Gasteiger partial charge in [-0.25, -0.2) is 0 Å². The lowest BCUT2D eigenvalue weighted by Gasteiger charge is -2.09. The molecule has 1 aromatic heterocycles. The molecule has 0 bridgehead atoms. The number of benzene rings is 2. The number of aromatic nitrogens is 1. The third-order valence-corrected chi connectivity index (χ3v) is 2.93. The Labute approximate surface area is 123 Å². The Morgan fingerprint density at radius 2 is 1.65 bits per heavy atom. The molecule has 102 valence electrons. The van der Waals surface area contributed by atoms with Crippen molar-refractivity contribution in [2.24, 2.45) is 0 Å². The van der Waals surface area contributed by atoms with Crippen LogP contribution in [0.2, 0.25) is 0 Å². The summed E-state index contributed by atoms with van der Waals surface area (Å²) in [6.45, 7) is 0. The van der Waals surface area contributed by atoms with Crippen LogP contribution in [-0.4, -0.2) is 12.1 Å². The van der Waals surface area contributed by atoms with Gasteiger partial charge in [-0.15, -0.1) is 12.4 Å². The average molecular weight is 288 g/mol. The summed E-state index contributed by atoms with van der Waals surface area (Å²) < 4.78 is 11.0. The Balaban J connectivity index is 0.00000147. The molecule has 3 nitrogen and oxygen atoms in total. The van der Waals surface area contributed by atoms with Crippen LogP contribution in [0.15, 0.2) is 60.9 Å². The van der Waals surface area contributed by atoms with Crippen LogP contribution in [0.5, 0.6) is 17.2 Å². The summed E-state index contributed by atoms with van der Waals surface area (Å²) in [6, 6.07) is 15.4. The Morgan fingerprint density at radius 3 is 2.40 bits per heavy atom. The second-order valence-corrected chi connectivity index (χ2v) is 4.13. The summed E-state index contributed by atoms with van der Waals surface area (Å²) in [7, 11) is 1.65. The highest BCUT2D eigenvalue weighted by molar-refractivity contribution is 5.87. The molecule has 2 aromatic carbocycles. The van der Waals surface area contributed by atoms with Gasteiger partial charge >= 0.3 is 0 Å². The van der Waals surface area contributed by atoms with Crippen molar-refractivity contribution >= 4 is 23.2 Å². The van der Waals surface area contributed by atoms with E-state index < -0.39 is 0 Å². The van der Waals surface area contributed by atoms with Gasteiger partial charge in [0.2, 0.25) is 0 Å². The third-order valence-electron chi connectivity index (χ3n) is 2.93. The number of methoxy groups -OCH3 is 1. The first-order valence-electron chi connectivity index (χ1n) is 6.01. The van der Waals surface area contributed by atoms with Crippen molar-refractivity contribution in [3.05, 3.63) is 60.9 Å². The van der Waals surface area contributed by atoms with Crippen LogP contribution in [0.1, 0.15) is 0 Å². The zero-order chi connectivity index (χ0) is 13.1. The van der Waals surface area contributed by atoms with E-state index in [1.54, 1.807) is 13.3 Å². The molecule has 0 unspecified atom stereocenters. The topological polar surface area (TPSA) is 31.4 Å². The number of hydrogen-bond donors (Lipinski definition) is 0. The van der Waals surface area contributed by atoms with E-state index in [4.69, 9.17) is 9.47 Å². The molecule has 0 spiro atoms. The van der Waals surface area contributed by atoms with Crippen LogP contribution in [0, 0.1) is 0 Å². The molecule has 4 heteroatoms. The number of fused-ring (bicyclic) bond motifs is 1. The lowest BCUT2D eigenvalue weighted by Crippen LogP contribution is -1.87. The molecule has 20 heavy (non-hydrogen) atoms. The van der Waals surface area contributed by atoms with Gasteiger partial charge in [-0.2, -0.15) is 0 Å². The van der Waals surface area contributed by atoms with Crippen LogP contribution in [0.4, 0.5) is 0 Å². The molecule has 0 aliphatic heterocycles. The van der Waals surface area contributed by atoms with Gasteiger partial charge in [-0.05, 0) is 36.4 Å². The number of rotatable bonds is 3. The van der Waals surface area contributed by atoms with Gasteiger partial charge in [0.1, 0.15) is 17.2 Å². The maximum Gasteiger partial charge on any atom is 0.135 e. The number of ether oxygens (including phenoxy) is 2. The summed E-state index contributed by atoms with van der Waals surface area (Å²) in [4.78, 5) is 4.11. The molecule has 0 saturated carbocycles. The molecule has 0 radical (unpaired) electrons. The van der Waals surface area contributed by atoms with Gasteiger partial charge in [-0.1, -0.05) is 12.1 Å². The van der Waals surface area contributed by atoms with E-state index in [1.807, 2.05) is 54.7 Å². The molecule has 3 rings (SSSR count). The predicted octanol–water partition coefficient (Wildman–Crippen LogP) is 4.46. The van der Waals surface area contributed by atoms with E-state index in [0.29, 0.717) is 0 Å². The summed E-state index contributed by atoms with van der Waals surface area (Å²) in [6.07, 6.45) is 3.60. The van der Waals surface area contributed by atoms with Gasteiger partial charge in [0.05, 0.1) is 7.11 Å². The SMILES string of the molecule is COc1ccc(Oc2cccc3cnccc23)cc1.Cl.